The summed E-state index contributed by atoms with van der Waals surface area (Å²) in [6.07, 6.45) is 19.0. The second-order valence-electron chi connectivity index (χ2n) is 11.6. The van der Waals surface area contributed by atoms with Crippen molar-refractivity contribution >= 4 is 6.29 Å². The van der Waals surface area contributed by atoms with Gasteiger partial charge in [0.1, 0.15) is 6.29 Å². The number of aliphatic hydroxyl groups excluding tert-OH is 3. The van der Waals surface area contributed by atoms with Gasteiger partial charge < -0.3 is 31.0 Å². The number of hydrogen-bond donors (Lipinski definition) is 5. The highest BCUT2D eigenvalue weighted by atomic mass is 16.3. The molecule has 6 heteroatoms. The van der Waals surface area contributed by atoms with Gasteiger partial charge in [0, 0.05) is 32.6 Å². The van der Waals surface area contributed by atoms with Crippen LogP contribution < -0.4 is 5.73 Å². The molecule has 0 spiro atoms. The smallest absolute Gasteiger partial charge is 0.120 e. The quantitative estimate of drug-likeness (QED) is 0.0732. The van der Waals surface area contributed by atoms with E-state index in [1.165, 1.54) is 12.0 Å². The van der Waals surface area contributed by atoms with Gasteiger partial charge in [0.25, 0.3) is 0 Å². The fraction of sp³-hybridized carbons (Fsp3) is 0.788. The molecule has 0 aliphatic heterocycles. The maximum atomic E-state index is 11.0. The van der Waals surface area contributed by atoms with Crippen LogP contribution in [0.15, 0.2) is 36.0 Å². The third-order valence-corrected chi connectivity index (χ3v) is 7.51. The summed E-state index contributed by atoms with van der Waals surface area (Å²) in [5.74, 6) is 1.75. The van der Waals surface area contributed by atoms with Gasteiger partial charge in [-0.1, -0.05) is 96.3 Å². The minimum absolute atomic E-state index is 0.158. The number of carbonyl (C=O) groups excluding carboxylic acids is 1. The zero-order valence-electron chi connectivity index (χ0n) is 26.9. The molecule has 0 fully saturated rings. The summed E-state index contributed by atoms with van der Waals surface area (Å²) in [5, 5.41) is 35.3. The van der Waals surface area contributed by atoms with Crippen LogP contribution in [-0.2, 0) is 4.79 Å². The molecule has 0 bridgehead atoms. The van der Waals surface area contributed by atoms with Crippen molar-refractivity contribution in [3.05, 3.63) is 36.0 Å². The lowest BCUT2D eigenvalue weighted by Gasteiger charge is -2.38. The maximum Gasteiger partial charge on any atom is 0.120 e. The average Bonchev–Trinajstić information content (AvgIpc) is 2.88. The summed E-state index contributed by atoms with van der Waals surface area (Å²) >= 11 is 0. The summed E-state index contributed by atoms with van der Waals surface area (Å²) in [5.41, 5.74) is 6.55. The molecule has 0 aromatic carbocycles. The van der Waals surface area contributed by atoms with Crippen molar-refractivity contribution in [3.63, 3.8) is 0 Å². The second kappa shape index (κ2) is 25.6. The van der Waals surface area contributed by atoms with Gasteiger partial charge in [-0.2, -0.15) is 0 Å². The molecule has 39 heavy (non-hydrogen) atoms. The van der Waals surface area contributed by atoms with Crippen molar-refractivity contribution < 1.29 is 25.2 Å². The number of rotatable bonds is 19. The van der Waals surface area contributed by atoms with Crippen LogP contribution in [0.3, 0.4) is 0 Å². The van der Waals surface area contributed by atoms with Crippen molar-refractivity contribution in [2.24, 2.45) is 35.3 Å². The number of hydrogen-bond acceptors (Lipinski definition) is 6. The van der Waals surface area contributed by atoms with E-state index in [1.54, 1.807) is 19.9 Å². The fourth-order valence-electron chi connectivity index (χ4n) is 4.83. The van der Waals surface area contributed by atoms with Crippen LogP contribution in [0.1, 0.15) is 107 Å². The Hall–Kier alpha value is -1.31. The van der Waals surface area contributed by atoms with Crippen molar-refractivity contribution in [1.82, 2.24) is 0 Å². The number of allylic oxidation sites excluding steroid dienone is 5. The minimum atomic E-state index is -1.18. The van der Waals surface area contributed by atoms with E-state index in [-0.39, 0.29) is 11.8 Å². The van der Waals surface area contributed by atoms with E-state index in [0.29, 0.717) is 24.2 Å². The summed E-state index contributed by atoms with van der Waals surface area (Å²) in [6.45, 7) is 16.6. The Morgan fingerprint density at radius 1 is 0.923 bits per heavy atom. The molecule has 8 unspecified atom stereocenters. The molecule has 232 valence electrons. The Kier molecular flexibility index (Phi) is 27.7. The van der Waals surface area contributed by atoms with E-state index in [0.717, 1.165) is 59.0 Å². The molecule has 0 aliphatic rings. The molecular weight excluding hydrogens is 490 g/mol. The first-order chi connectivity index (χ1) is 18.3. The van der Waals surface area contributed by atoms with Gasteiger partial charge in [-0.15, -0.1) is 0 Å². The van der Waals surface area contributed by atoms with Gasteiger partial charge in [0.2, 0.25) is 0 Å². The van der Waals surface area contributed by atoms with E-state index in [1.807, 2.05) is 6.08 Å². The third kappa shape index (κ3) is 21.2. The highest BCUT2D eigenvalue weighted by Crippen LogP contribution is 2.29. The second-order valence-corrected chi connectivity index (χ2v) is 11.6. The van der Waals surface area contributed by atoms with Gasteiger partial charge in [0.05, 0.1) is 11.7 Å². The van der Waals surface area contributed by atoms with E-state index < -0.39 is 17.7 Å². The standard InChI is InChI=1S/C31H57NO3.2CH4O/c1-9-12-27(6)29(28(7)34)30(32)31(8,35)21-11-15-25(4)17-16-23(2)13-10-14-24(3)18-19-26(5)20-22-33;2*1-2/h10-11,13,15,21-24,26-30,34-35H,9,12,14,16-20,32H2,1-8H3;2*2H,1H3/b13-10+,21-11+,25-15+;;. The van der Waals surface area contributed by atoms with Crippen LogP contribution in [0.5, 0.6) is 0 Å². The van der Waals surface area contributed by atoms with E-state index in [2.05, 4.69) is 59.8 Å². The lowest BCUT2D eigenvalue weighted by Crippen LogP contribution is -2.54. The molecule has 0 saturated heterocycles. The Labute approximate surface area is 241 Å². The first-order valence-corrected chi connectivity index (χ1v) is 14.9. The Bertz CT molecular complexity index is 656. The van der Waals surface area contributed by atoms with E-state index >= 15 is 0 Å². The molecule has 0 saturated carbocycles. The molecule has 6 nitrogen and oxygen atoms in total. The predicted molar refractivity (Wildman–Crippen MR) is 167 cm³/mol. The van der Waals surface area contributed by atoms with Crippen molar-refractivity contribution in [2.75, 3.05) is 14.2 Å². The summed E-state index contributed by atoms with van der Waals surface area (Å²) in [6, 6.07) is -0.533. The molecule has 0 amide bonds. The van der Waals surface area contributed by atoms with Crippen LogP contribution in [0, 0.1) is 29.6 Å². The molecule has 0 aromatic rings. The molecule has 0 aromatic heterocycles. The molecular formula is C33H65NO5. The average molecular weight is 556 g/mol. The monoisotopic (exact) mass is 555 g/mol. The lowest BCUT2D eigenvalue weighted by atomic mass is 9.75. The largest absolute Gasteiger partial charge is 0.400 e. The zero-order valence-corrected chi connectivity index (χ0v) is 26.9. The topological polar surface area (TPSA) is 124 Å². The van der Waals surface area contributed by atoms with Crippen LogP contribution in [-0.4, -0.2) is 58.7 Å². The first-order valence-electron chi connectivity index (χ1n) is 14.9. The van der Waals surface area contributed by atoms with Gasteiger partial charge in [0.15, 0.2) is 0 Å². The van der Waals surface area contributed by atoms with Crippen molar-refractivity contribution in [1.29, 1.82) is 0 Å². The van der Waals surface area contributed by atoms with Crippen LogP contribution in [0.2, 0.25) is 0 Å². The predicted octanol–water partition coefficient (Wildman–Crippen LogP) is 6.22. The Morgan fingerprint density at radius 2 is 1.46 bits per heavy atom. The van der Waals surface area contributed by atoms with Crippen LogP contribution >= 0.6 is 0 Å². The molecule has 0 rings (SSSR count). The van der Waals surface area contributed by atoms with Crippen LogP contribution in [0.4, 0.5) is 0 Å². The number of aldehydes is 1. The van der Waals surface area contributed by atoms with Crippen molar-refractivity contribution in [2.45, 2.75) is 125 Å². The molecule has 0 aliphatic carbocycles. The summed E-state index contributed by atoms with van der Waals surface area (Å²) in [7, 11) is 2.00. The van der Waals surface area contributed by atoms with E-state index in [4.69, 9.17) is 15.9 Å². The third-order valence-electron chi connectivity index (χ3n) is 7.51. The first kappa shape index (κ1) is 42.2. The Balaban J connectivity index is -0.00000308. The van der Waals surface area contributed by atoms with Gasteiger partial charge >= 0.3 is 0 Å². The molecule has 0 radical (unpaired) electrons. The molecule has 8 atom stereocenters. The summed E-state index contributed by atoms with van der Waals surface area (Å²) in [4.78, 5) is 10.6. The highest BCUT2D eigenvalue weighted by molar-refractivity contribution is 5.49. The maximum absolute atomic E-state index is 11.0. The lowest BCUT2D eigenvalue weighted by molar-refractivity contribution is -0.108. The minimum Gasteiger partial charge on any atom is -0.400 e. The SMILES string of the molecule is CCCC(C)C(C(C)O)C(N)C(C)(O)/C=C/C=C(\C)CCC(C)/C=C/CC(C)CCC(C)CC=O.CO.CO. The number of aliphatic hydroxyl groups is 4. The fourth-order valence-corrected chi connectivity index (χ4v) is 4.83. The molecule has 0 heterocycles. The zero-order chi connectivity index (χ0) is 31.0. The van der Waals surface area contributed by atoms with Crippen molar-refractivity contribution in [3.8, 4) is 0 Å². The highest BCUT2D eigenvalue weighted by Gasteiger charge is 2.37. The van der Waals surface area contributed by atoms with Gasteiger partial charge in [-0.05, 0) is 63.7 Å². The Morgan fingerprint density at radius 3 is 1.95 bits per heavy atom. The van der Waals surface area contributed by atoms with Crippen LogP contribution in [0.25, 0.3) is 0 Å². The van der Waals surface area contributed by atoms with Gasteiger partial charge in [-0.3, -0.25) is 0 Å². The number of nitrogens with two attached hydrogens (primary N) is 1. The summed E-state index contributed by atoms with van der Waals surface area (Å²) < 4.78 is 0. The van der Waals surface area contributed by atoms with Gasteiger partial charge in [-0.25, -0.2) is 0 Å². The number of carbonyl (C=O) groups is 1. The molecule has 6 N–H and O–H groups in total. The van der Waals surface area contributed by atoms with E-state index in [9.17, 15) is 15.0 Å². The normalized spacial score (nSPS) is 19.0.